The van der Waals surface area contributed by atoms with Crippen molar-refractivity contribution in [3.05, 3.63) is 4.60 Å². The second-order valence-corrected chi connectivity index (χ2v) is 6.88. The van der Waals surface area contributed by atoms with E-state index in [1.807, 2.05) is 0 Å². The Labute approximate surface area is 103 Å². The summed E-state index contributed by atoms with van der Waals surface area (Å²) in [5.41, 5.74) is 0.131. The number of hydrogen-bond acceptors (Lipinski definition) is 4. The summed E-state index contributed by atoms with van der Waals surface area (Å²) in [7, 11) is -1.98. The lowest BCUT2D eigenvalue weighted by Crippen LogP contribution is -2.30. The summed E-state index contributed by atoms with van der Waals surface area (Å²) < 4.78 is 28.0. The van der Waals surface area contributed by atoms with E-state index < -0.39 is 10.0 Å². The molecule has 1 aromatic heterocycles. The van der Waals surface area contributed by atoms with Crippen LogP contribution in [0.2, 0.25) is 0 Å². The SMILES string of the molecule is Cn1nnc(Br)c1S(=O)(=O)NCC1(C)CC1. The van der Waals surface area contributed by atoms with Crippen molar-refractivity contribution in [1.29, 1.82) is 0 Å². The monoisotopic (exact) mass is 308 g/mol. The van der Waals surface area contributed by atoms with Gasteiger partial charge in [-0.3, -0.25) is 0 Å². The standard InChI is InChI=1S/C8H13BrN4O2S/c1-8(3-4-8)5-10-16(14,15)7-6(9)11-12-13(7)2/h10H,3-5H2,1-2H3. The van der Waals surface area contributed by atoms with Crippen LogP contribution in [0.5, 0.6) is 0 Å². The van der Waals surface area contributed by atoms with Gasteiger partial charge in [-0.05, 0) is 34.2 Å². The molecular formula is C8H13BrN4O2S. The molecule has 1 aliphatic carbocycles. The minimum absolute atomic E-state index is 0.0664. The summed E-state index contributed by atoms with van der Waals surface area (Å²) in [4.78, 5) is 0. The third-order valence-electron chi connectivity index (χ3n) is 2.78. The molecule has 16 heavy (non-hydrogen) atoms. The third-order valence-corrected chi connectivity index (χ3v) is 5.07. The quantitative estimate of drug-likeness (QED) is 0.886. The number of nitrogens with one attached hydrogen (secondary N) is 1. The van der Waals surface area contributed by atoms with Crippen molar-refractivity contribution in [2.75, 3.05) is 6.54 Å². The average Bonchev–Trinajstić information content (AvgIpc) is 2.82. The van der Waals surface area contributed by atoms with Crippen molar-refractivity contribution < 1.29 is 8.42 Å². The van der Waals surface area contributed by atoms with Crippen molar-refractivity contribution in [3.63, 3.8) is 0 Å². The number of nitrogens with zero attached hydrogens (tertiary/aromatic N) is 3. The Morgan fingerprint density at radius 3 is 2.62 bits per heavy atom. The Bertz CT molecular complexity index is 487. The van der Waals surface area contributed by atoms with E-state index in [-0.39, 0.29) is 15.0 Å². The van der Waals surface area contributed by atoms with Crippen LogP contribution < -0.4 is 4.72 Å². The van der Waals surface area contributed by atoms with Crippen LogP contribution in [0.1, 0.15) is 19.8 Å². The molecule has 0 radical (unpaired) electrons. The second kappa shape index (κ2) is 3.78. The number of rotatable bonds is 4. The molecule has 0 unspecified atom stereocenters. The first-order valence-electron chi connectivity index (χ1n) is 4.89. The van der Waals surface area contributed by atoms with Gasteiger partial charge in [0.15, 0.2) is 4.60 Å². The molecule has 6 nitrogen and oxygen atoms in total. The van der Waals surface area contributed by atoms with Crippen molar-refractivity contribution in [2.24, 2.45) is 12.5 Å². The lowest BCUT2D eigenvalue weighted by molar-refractivity contribution is 0.521. The molecule has 1 saturated carbocycles. The lowest BCUT2D eigenvalue weighted by Gasteiger charge is -2.10. The largest absolute Gasteiger partial charge is 0.260 e. The van der Waals surface area contributed by atoms with Crippen molar-refractivity contribution in [1.82, 2.24) is 19.7 Å². The van der Waals surface area contributed by atoms with Crippen molar-refractivity contribution in [2.45, 2.75) is 24.8 Å². The summed E-state index contributed by atoms with van der Waals surface area (Å²) in [6, 6.07) is 0. The van der Waals surface area contributed by atoms with Crippen LogP contribution >= 0.6 is 15.9 Å². The van der Waals surface area contributed by atoms with Crippen LogP contribution in [0.3, 0.4) is 0 Å². The molecule has 1 aromatic rings. The fourth-order valence-corrected chi connectivity index (χ4v) is 3.62. The summed E-state index contributed by atoms with van der Waals surface area (Å²) in [5, 5.41) is 7.36. The first-order valence-corrected chi connectivity index (χ1v) is 7.17. The van der Waals surface area contributed by atoms with Crippen LogP contribution in [0.15, 0.2) is 9.63 Å². The third kappa shape index (κ3) is 2.28. The maximum atomic E-state index is 12.0. The van der Waals surface area contributed by atoms with E-state index in [0.717, 1.165) is 12.8 Å². The molecule has 0 aromatic carbocycles. The molecule has 0 atom stereocenters. The summed E-state index contributed by atoms with van der Waals surface area (Å²) in [6.45, 7) is 2.53. The molecular weight excluding hydrogens is 296 g/mol. The van der Waals surface area contributed by atoms with E-state index in [1.54, 1.807) is 7.05 Å². The lowest BCUT2D eigenvalue weighted by atomic mass is 10.2. The molecule has 0 bridgehead atoms. The number of aryl methyl sites for hydroxylation is 1. The van der Waals surface area contributed by atoms with E-state index >= 15 is 0 Å². The van der Waals surface area contributed by atoms with Crippen LogP contribution in [-0.4, -0.2) is 30.0 Å². The molecule has 1 fully saturated rings. The molecule has 8 heteroatoms. The highest BCUT2D eigenvalue weighted by molar-refractivity contribution is 9.10. The zero-order valence-corrected chi connectivity index (χ0v) is 11.5. The molecule has 0 saturated heterocycles. The van der Waals surface area contributed by atoms with Gasteiger partial charge in [-0.2, -0.15) is 0 Å². The Kier molecular flexibility index (Phi) is 2.83. The molecule has 1 aliphatic rings. The highest BCUT2D eigenvalue weighted by atomic mass is 79.9. The molecule has 0 aliphatic heterocycles. The highest BCUT2D eigenvalue weighted by Crippen LogP contribution is 2.44. The van der Waals surface area contributed by atoms with Gasteiger partial charge in [0, 0.05) is 13.6 Å². The maximum absolute atomic E-state index is 12.0. The molecule has 90 valence electrons. The number of halogens is 1. The van der Waals surface area contributed by atoms with Crippen LogP contribution in [0.4, 0.5) is 0 Å². The first kappa shape index (κ1) is 12.0. The summed E-state index contributed by atoms with van der Waals surface area (Å²) in [6.07, 6.45) is 2.14. The Hall–Kier alpha value is -0.470. The summed E-state index contributed by atoms with van der Waals surface area (Å²) in [5.74, 6) is 0. The minimum Gasteiger partial charge on any atom is -0.235 e. The van der Waals surface area contributed by atoms with Gasteiger partial charge in [0.25, 0.3) is 10.0 Å². The number of hydrogen-bond donors (Lipinski definition) is 1. The fourth-order valence-electron chi connectivity index (χ4n) is 1.34. The minimum atomic E-state index is -3.53. The predicted molar refractivity (Wildman–Crippen MR) is 61.2 cm³/mol. The molecule has 2 rings (SSSR count). The van der Waals surface area contributed by atoms with Gasteiger partial charge in [0.1, 0.15) is 0 Å². The van der Waals surface area contributed by atoms with E-state index in [2.05, 4.69) is 37.9 Å². The van der Waals surface area contributed by atoms with Crippen LogP contribution in [-0.2, 0) is 17.1 Å². The van der Waals surface area contributed by atoms with Gasteiger partial charge in [0.05, 0.1) is 0 Å². The topological polar surface area (TPSA) is 76.9 Å². The molecule has 0 spiro atoms. The normalized spacial score (nSPS) is 18.7. The number of aromatic nitrogens is 3. The van der Waals surface area contributed by atoms with Gasteiger partial charge >= 0.3 is 0 Å². The predicted octanol–water partition coefficient (Wildman–Crippen LogP) is 0.656. The summed E-state index contributed by atoms with van der Waals surface area (Å²) >= 11 is 3.08. The van der Waals surface area contributed by atoms with Gasteiger partial charge in [-0.15, -0.1) is 5.10 Å². The number of sulfonamides is 1. The smallest absolute Gasteiger partial charge is 0.235 e. The Morgan fingerprint density at radius 1 is 1.56 bits per heavy atom. The Balaban J connectivity index is 2.19. The highest BCUT2D eigenvalue weighted by Gasteiger charge is 2.38. The maximum Gasteiger partial charge on any atom is 0.260 e. The van der Waals surface area contributed by atoms with E-state index in [0.29, 0.717) is 6.54 Å². The van der Waals surface area contributed by atoms with Gasteiger partial charge < -0.3 is 0 Å². The van der Waals surface area contributed by atoms with E-state index in [4.69, 9.17) is 0 Å². The van der Waals surface area contributed by atoms with E-state index in [1.165, 1.54) is 4.68 Å². The van der Waals surface area contributed by atoms with Crippen molar-refractivity contribution in [3.8, 4) is 0 Å². The van der Waals surface area contributed by atoms with Gasteiger partial charge in [-0.25, -0.2) is 17.8 Å². The second-order valence-electron chi connectivity index (χ2n) is 4.44. The van der Waals surface area contributed by atoms with E-state index in [9.17, 15) is 8.42 Å². The fraction of sp³-hybridized carbons (Fsp3) is 0.750. The average molecular weight is 309 g/mol. The molecule has 1 N–H and O–H groups in total. The zero-order chi connectivity index (χ0) is 12.0. The Morgan fingerprint density at radius 2 is 2.19 bits per heavy atom. The first-order chi connectivity index (χ1) is 7.34. The van der Waals surface area contributed by atoms with Crippen LogP contribution in [0, 0.1) is 5.41 Å². The molecule has 0 amide bonds. The van der Waals surface area contributed by atoms with Gasteiger partial charge in [-0.1, -0.05) is 12.1 Å². The van der Waals surface area contributed by atoms with Crippen LogP contribution in [0.25, 0.3) is 0 Å². The van der Waals surface area contributed by atoms with Gasteiger partial charge in [0.2, 0.25) is 5.03 Å². The molecule has 1 heterocycles. The zero-order valence-electron chi connectivity index (χ0n) is 9.07. The van der Waals surface area contributed by atoms with Crippen molar-refractivity contribution >= 4 is 26.0 Å².